The number of hydrogen-bond acceptors (Lipinski definition) is 3. The Bertz CT molecular complexity index is 528. The molecule has 0 spiro atoms. The van der Waals surface area contributed by atoms with Crippen LogP contribution in [0.2, 0.25) is 0 Å². The molecule has 0 bridgehead atoms. The molecular formula is C15H16FNO2. The Balaban J connectivity index is 1.97. The van der Waals surface area contributed by atoms with Gasteiger partial charge < -0.3 is 15.6 Å². The van der Waals surface area contributed by atoms with Crippen molar-refractivity contribution in [1.29, 1.82) is 0 Å². The molecule has 0 aliphatic carbocycles. The molecule has 2 aromatic rings. The van der Waals surface area contributed by atoms with E-state index in [4.69, 9.17) is 10.5 Å². The Kier molecular flexibility index (Phi) is 4.49. The molecule has 0 saturated carbocycles. The predicted molar refractivity (Wildman–Crippen MR) is 71.2 cm³/mol. The van der Waals surface area contributed by atoms with E-state index in [2.05, 4.69) is 0 Å². The van der Waals surface area contributed by atoms with Crippen molar-refractivity contribution >= 4 is 0 Å². The molecular weight excluding hydrogens is 245 g/mol. The molecule has 0 radical (unpaired) electrons. The van der Waals surface area contributed by atoms with Crippen molar-refractivity contribution in [2.75, 3.05) is 6.61 Å². The van der Waals surface area contributed by atoms with Crippen LogP contribution >= 0.6 is 0 Å². The van der Waals surface area contributed by atoms with Crippen LogP contribution in [0.1, 0.15) is 17.2 Å². The van der Waals surface area contributed by atoms with Gasteiger partial charge in [-0.05, 0) is 23.3 Å². The van der Waals surface area contributed by atoms with Crippen molar-refractivity contribution in [3.63, 3.8) is 0 Å². The van der Waals surface area contributed by atoms with Crippen LogP contribution < -0.4 is 10.5 Å². The average Bonchev–Trinajstić information content (AvgIpc) is 2.46. The predicted octanol–water partition coefficient (Wildman–Crippen LogP) is 2.40. The minimum atomic E-state index is -0.800. The molecule has 3 nitrogen and oxygen atoms in total. The van der Waals surface area contributed by atoms with Crippen molar-refractivity contribution in [2.24, 2.45) is 5.73 Å². The van der Waals surface area contributed by atoms with Gasteiger partial charge in [0, 0.05) is 6.54 Å². The second-order valence-corrected chi connectivity index (χ2v) is 4.20. The monoisotopic (exact) mass is 261 g/mol. The molecule has 100 valence electrons. The SMILES string of the molecule is NCc1ccc(C(O)COc2ccccc2F)cc1. The summed E-state index contributed by atoms with van der Waals surface area (Å²) in [7, 11) is 0. The molecule has 0 aromatic heterocycles. The van der Waals surface area contributed by atoms with E-state index in [9.17, 15) is 9.50 Å². The number of aliphatic hydroxyl groups excluding tert-OH is 1. The number of benzene rings is 2. The fraction of sp³-hybridized carbons (Fsp3) is 0.200. The van der Waals surface area contributed by atoms with Crippen LogP contribution in [0.5, 0.6) is 5.75 Å². The first kappa shape index (κ1) is 13.5. The van der Waals surface area contributed by atoms with E-state index < -0.39 is 11.9 Å². The van der Waals surface area contributed by atoms with E-state index >= 15 is 0 Å². The van der Waals surface area contributed by atoms with Gasteiger partial charge in [-0.2, -0.15) is 0 Å². The molecule has 0 saturated heterocycles. The van der Waals surface area contributed by atoms with E-state index in [1.165, 1.54) is 12.1 Å². The van der Waals surface area contributed by atoms with Crippen molar-refractivity contribution in [3.05, 3.63) is 65.5 Å². The highest BCUT2D eigenvalue weighted by Gasteiger charge is 2.10. The molecule has 1 unspecified atom stereocenters. The molecule has 2 rings (SSSR count). The van der Waals surface area contributed by atoms with Crippen molar-refractivity contribution in [2.45, 2.75) is 12.6 Å². The number of aliphatic hydroxyl groups is 1. The minimum absolute atomic E-state index is 0.00288. The highest BCUT2D eigenvalue weighted by atomic mass is 19.1. The Hall–Kier alpha value is -1.91. The Labute approximate surface area is 111 Å². The second kappa shape index (κ2) is 6.31. The zero-order chi connectivity index (χ0) is 13.7. The van der Waals surface area contributed by atoms with E-state index in [0.29, 0.717) is 12.1 Å². The van der Waals surface area contributed by atoms with E-state index in [1.807, 2.05) is 12.1 Å². The normalized spacial score (nSPS) is 12.2. The van der Waals surface area contributed by atoms with Crippen LogP contribution in [0.4, 0.5) is 4.39 Å². The van der Waals surface area contributed by atoms with Gasteiger partial charge in [0.05, 0.1) is 0 Å². The van der Waals surface area contributed by atoms with Gasteiger partial charge in [0.2, 0.25) is 0 Å². The van der Waals surface area contributed by atoms with Crippen LogP contribution in [0.25, 0.3) is 0 Å². The van der Waals surface area contributed by atoms with Gasteiger partial charge in [0.25, 0.3) is 0 Å². The third-order valence-corrected chi connectivity index (χ3v) is 2.83. The highest BCUT2D eigenvalue weighted by molar-refractivity contribution is 5.26. The Morgan fingerprint density at radius 1 is 1.11 bits per heavy atom. The first-order valence-corrected chi connectivity index (χ1v) is 6.05. The zero-order valence-electron chi connectivity index (χ0n) is 10.4. The quantitative estimate of drug-likeness (QED) is 0.869. The fourth-order valence-corrected chi connectivity index (χ4v) is 1.70. The lowest BCUT2D eigenvalue weighted by Gasteiger charge is -2.13. The Morgan fingerprint density at radius 2 is 1.79 bits per heavy atom. The summed E-state index contributed by atoms with van der Waals surface area (Å²) in [6, 6.07) is 13.4. The van der Waals surface area contributed by atoms with Crippen LogP contribution in [-0.4, -0.2) is 11.7 Å². The standard InChI is InChI=1S/C15H16FNO2/c16-13-3-1-2-4-15(13)19-10-14(18)12-7-5-11(9-17)6-8-12/h1-8,14,18H,9-10,17H2. The Morgan fingerprint density at radius 3 is 2.42 bits per heavy atom. The zero-order valence-corrected chi connectivity index (χ0v) is 10.4. The summed E-state index contributed by atoms with van der Waals surface area (Å²) in [5, 5.41) is 9.96. The van der Waals surface area contributed by atoms with Gasteiger partial charge in [-0.25, -0.2) is 4.39 Å². The van der Waals surface area contributed by atoms with Crippen molar-refractivity contribution < 1.29 is 14.2 Å². The molecule has 1 atom stereocenters. The second-order valence-electron chi connectivity index (χ2n) is 4.20. The average molecular weight is 261 g/mol. The fourth-order valence-electron chi connectivity index (χ4n) is 1.70. The van der Waals surface area contributed by atoms with E-state index in [-0.39, 0.29) is 12.4 Å². The van der Waals surface area contributed by atoms with E-state index in [0.717, 1.165) is 5.56 Å². The number of rotatable bonds is 5. The van der Waals surface area contributed by atoms with Gasteiger partial charge >= 0.3 is 0 Å². The van der Waals surface area contributed by atoms with Crippen LogP contribution in [0.15, 0.2) is 48.5 Å². The van der Waals surface area contributed by atoms with E-state index in [1.54, 1.807) is 24.3 Å². The first-order valence-electron chi connectivity index (χ1n) is 6.05. The van der Waals surface area contributed by atoms with Gasteiger partial charge in [-0.15, -0.1) is 0 Å². The molecule has 0 amide bonds. The molecule has 0 heterocycles. The van der Waals surface area contributed by atoms with Gasteiger partial charge in [0.15, 0.2) is 11.6 Å². The molecule has 0 fully saturated rings. The molecule has 19 heavy (non-hydrogen) atoms. The largest absolute Gasteiger partial charge is 0.487 e. The minimum Gasteiger partial charge on any atom is -0.487 e. The number of halogens is 1. The number of nitrogens with two attached hydrogens (primary N) is 1. The summed E-state index contributed by atoms with van der Waals surface area (Å²) in [4.78, 5) is 0. The third-order valence-electron chi connectivity index (χ3n) is 2.83. The molecule has 0 aliphatic rings. The lowest BCUT2D eigenvalue weighted by molar-refractivity contribution is 0.106. The van der Waals surface area contributed by atoms with Crippen LogP contribution in [0.3, 0.4) is 0 Å². The topological polar surface area (TPSA) is 55.5 Å². The lowest BCUT2D eigenvalue weighted by Crippen LogP contribution is -2.10. The highest BCUT2D eigenvalue weighted by Crippen LogP contribution is 2.19. The third kappa shape index (κ3) is 3.53. The number of para-hydroxylation sites is 1. The number of ether oxygens (including phenoxy) is 1. The summed E-state index contributed by atoms with van der Waals surface area (Å²) in [5.41, 5.74) is 7.21. The summed E-state index contributed by atoms with van der Waals surface area (Å²) < 4.78 is 18.6. The van der Waals surface area contributed by atoms with Crippen LogP contribution in [0, 0.1) is 5.82 Å². The first-order chi connectivity index (χ1) is 9.20. The maximum absolute atomic E-state index is 13.3. The summed E-state index contributed by atoms with van der Waals surface area (Å²) >= 11 is 0. The molecule has 2 aromatic carbocycles. The number of hydrogen-bond donors (Lipinski definition) is 2. The summed E-state index contributed by atoms with van der Waals surface area (Å²) in [5.74, 6) is -0.298. The van der Waals surface area contributed by atoms with Crippen molar-refractivity contribution in [1.82, 2.24) is 0 Å². The molecule has 3 N–H and O–H groups in total. The molecule has 0 aliphatic heterocycles. The maximum atomic E-state index is 13.3. The molecule has 4 heteroatoms. The smallest absolute Gasteiger partial charge is 0.165 e. The summed E-state index contributed by atoms with van der Waals surface area (Å²) in [6.45, 7) is 0.463. The van der Waals surface area contributed by atoms with Crippen LogP contribution in [-0.2, 0) is 6.54 Å². The van der Waals surface area contributed by atoms with Crippen molar-refractivity contribution in [3.8, 4) is 5.75 Å². The van der Waals surface area contributed by atoms with Gasteiger partial charge in [0.1, 0.15) is 12.7 Å². The lowest BCUT2D eigenvalue weighted by atomic mass is 10.1. The summed E-state index contributed by atoms with van der Waals surface area (Å²) in [6.07, 6.45) is -0.800. The maximum Gasteiger partial charge on any atom is 0.165 e. The van der Waals surface area contributed by atoms with Gasteiger partial charge in [-0.3, -0.25) is 0 Å². The van der Waals surface area contributed by atoms with Gasteiger partial charge in [-0.1, -0.05) is 36.4 Å².